The summed E-state index contributed by atoms with van der Waals surface area (Å²) in [5.74, 6) is -0.172. The zero-order valence-corrected chi connectivity index (χ0v) is 10.3. The van der Waals surface area contributed by atoms with Crippen LogP contribution in [0.3, 0.4) is 0 Å². The summed E-state index contributed by atoms with van der Waals surface area (Å²) in [5.41, 5.74) is 0.614. The van der Waals surface area contributed by atoms with Crippen molar-refractivity contribution >= 4 is 17.7 Å². The van der Waals surface area contributed by atoms with Crippen LogP contribution in [0.5, 0.6) is 0 Å². The van der Waals surface area contributed by atoms with Crippen LogP contribution in [0.25, 0.3) is 0 Å². The molecule has 3 nitrogen and oxygen atoms in total. The van der Waals surface area contributed by atoms with Crippen molar-refractivity contribution in [3.8, 4) is 0 Å². The highest BCUT2D eigenvalue weighted by Crippen LogP contribution is 2.20. The smallest absolute Gasteiger partial charge is 0.335 e. The fraction of sp³-hybridized carbons (Fsp3) is 0.417. The van der Waals surface area contributed by atoms with Gasteiger partial charge in [-0.3, -0.25) is 0 Å². The van der Waals surface area contributed by atoms with E-state index in [0.29, 0.717) is 17.1 Å². The molecular weight excluding hydrogens is 243 g/mol. The monoisotopic (exact) mass is 258 g/mol. The molecule has 1 atom stereocenters. The Morgan fingerprint density at radius 2 is 2.24 bits per heavy atom. The van der Waals surface area contributed by atoms with Gasteiger partial charge in [-0.05, 0) is 35.4 Å². The number of rotatable bonds is 6. The summed E-state index contributed by atoms with van der Waals surface area (Å²) >= 11 is 1.49. The van der Waals surface area contributed by atoms with Crippen LogP contribution >= 0.6 is 11.8 Å². The lowest BCUT2D eigenvalue weighted by Crippen LogP contribution is -2.05. The average molecular weight is 258 g/mol. The van der Waals surface area contributed by atoms with E-state index in [-0.39, 0.29) is 18.1 Å². The van der Waals surface area contributed by atoms with E-state index in [9.17, 15) is 9.18 Å². The van der Waals surface area contributed by atoms with E-state index in [0.717, 1.165) is 6.07 Å². The van der Waals surface area contributed by atoms with Crippen molar-refractivity contribution in [1.29, 1.82) is 0 Å². The minimum absolute atomic E-state index is 0.0991. The summed E-state index contributed by atoms with van der Waals surface area (Å²) < 4.78 is 13.0. The van der Waals surface area contributed by atoms with Crippen LogP contribution in [-0.4, -0.2) is 28.5 Å². The maximum atomic E-state index is 13.0. The minimum Gasteiger partial charge on any atom is -0.478 e. The van der Waals surface area contributed by atoms with Crippen LogP contribution in [0.1, 0.15) is 22.8 Å². The first-order valence-corrected chi connectivity index (χ1v) is 6.40. The number of hydrogen-bond donors (Lipinski definition) is 2. The first kappa shape index (κ1) is 14.0. The molecule has 2 N–H and O–H groups in total. The minimum atomic E-state index is -1.05. The van der Waals surface area contributed by atoms with Crippen LogP contribution in [0.2, 0.25) is 0 Å². The number of aromatic carboxylic acids is 1. The van der Waals surface area contributed by atoms with Gasteiger partial charge in [0.1, 0.15) is 5.82 Å². The Kier molecular flexibility index (Phi) is 5.44. The highest BCUT2D eigenvalue weighted by atomic mass is 32.2. The predicted molar refractivity (Wildman–Crippen MR) is 65.8 cm³/mol. The second kappa shape index (κ2) is 6.61. The van der Waals surface area contributed by atoms with E-state index in [1.807, 2.05) is 6.92 Å². The van der Waals surface area contributed by atoms with Gasteiger partial charge in [-0.25, -0.2) is 9.18 Å². The molecule has 1 aromatic carbocycles. The standard InChI is InChI=1S/C12H15FO3S/c1-8(5-14)6-17-7-9-4-10(13)2-3-11(9)12(15)16/h2-4,8,14H,5-7H2,1H3,(H,15,16). The molecule has 0 fully saturated rings. The third kappa shape index (κ3) is 4.36. The molecule has 0 heterocycles. The largest absolute Gasteiger partial charge is 0.478 e. The highest BCUT2D eigenvalue weighted by molar-refractivity contribution is 7.98. The molecule has 0 radical (unpaired) electrons. The summed E-state index contributed by atoms with van der Waals surface area (Å²) in [7, 11) is 0. The van der Waals surface area contributed by atoms with Crippen molar-refractivity contribution in [2.45, 2.75) is 12.7 Å². The van der Waals surface area contributed by atoms with E-state index in [1.165, 1.54) is 23.9 Å². The van der Waals surface area contributed by atoms with Crippen LogP contribution in [-0.2, 0) is 5.75 Å². The van der Waals surface area contributed by atoms with Gasteiger partial charge in [-0.2, -0.15) is 11.8 Å². The van der Waals surface area contributed by atoms with Crippen molar-refractivity contribution < 1.29 is 19.4 Å². The first-order chi connectivity index (χ1) is 8.04. The normalized spacial score (nSPS) is 12.4. The molecule has 0 aliphatic heterocycles. The predicted octanol–water partition coefficient (Wildman–Crippen LogP) is 2.39. The van der Waals surface area contributed by atoms with Gasteiger partial charge < -0.3 is 10.2 Å². The van der Waals surface area contributed by atoms with Crippen molar-refractivity contribution in [1.82, 2.24) is 0 Å². The van der Waals surface area contributed by atoms with Gasteiger partial charge in [-0.1, -0.05) is 6.92 Å². The Labute approximate surface area is 104 Å². The molecule has 0 spiro atoms. The third-order valence-corrected chi connectivity index (χ3v) is 3.59. The molecule has 94 valence electrons. The highest BCUT2D eigenvalue weighted by Gasteiger charge is 2.11. The second-order valence-corrected chi connectivity index (χ2v) is 4.94. The lowest BCUT2D eigenvalue weighted by Gasteiger charge is -2.09. The zero-order valence-electron chi connectivity index (χ0n) is 9.52. The molecule has 0 aliphatic carbocycles. The van der Waals surface area contributed by atoms with Gasteiger partial charge in [0.25, 0.3) is 0 Å². The molecule has 1 rings (SSSR count). The number of halogens is 1. The summed E-state index contributed by atoms with van der Waals surface area (Å²) in [6, 6.07) is 3.68. The third-order valence-electron chi connectivity index (χ3n) is 2.27. The zero-order chi connectivity index (χ0) is 12.8. The van der Waals surface area contributed by atoms with Crippen LogP contribution < -0.4 is 0 Å². The number of carboxylic acids is 1. The van der Waals surface area contributed by atoms with Crippen molar-refractivity contribution in [2.75, 3.05) is 12.4 Å². The maximum absolute atomic E-state index is 13.0. The van der Waals surface area contributed by atoms with Gasteiger partial charge in [0.15, 0.2) is 0 Å². The van der Waals surface area contributed by atoms with Gasteiger partial charge >= 0.3 is 5.97 Å². The molecule has 0 saturated heterocycles. The molecule has 0 saturated carbocycles. The average Bonchev–Trinajstić information content (AvgIpc) is 2.28. The SMILES string of the molecule is CC(CO)CSCc1cc(F)ccc1C(=O)O. The second-order valence-electron chi connectivity index (χ2n) is 3.91. The molecule has 0 bridgehead atoms. The van der Waals surface area contributed by atoms with Gasteiger partial charge in [0.2, 0.25) is 0 Å². The Bertz CT molecular complexity index is 395. The summed E-state index contributed by atoms with van der Waals surface area (Å²) in [4.78, 5) is 10.9. The van der Waals surface area contributed by atoms with Crippen LogP contribution in [0, 0.1) is 11.7 Å². The summed E-state index contributed by atoms with van der Waals surface area (Å²) in [6.07, 6.45) is 0. The topological polar surface area (TPSA) is 57.5 Å². The lowest BCUT2D eigenvalue weighted by molar-refractivity contribution is 0.0696. The molecule has 1 aromatic rings. The van der Waals surface area contributed by atoms with Gasteiger partial charge in [0, 0.05) is 12.4 Å². The van der Waals surface area contributed by atoms with E-state index in [2.05, 4.69) is 0 Å². The van der Waals surface area contributed by atoms with Crippen molar-refractivity contribution in [3.63, 3.8) is 0 Å². The summed E-state index contributed by atoms with van der Waals surface area (Å²) in [6.45, 7) is 2.00. The van der Waals surface area contributed by atoms with E-state index >= 15 is 0 Å². The molecule has 5 heteroatoms. The Balaban J connectivity index is 2.68. The van der Waals surface area contributed by atoms with Crippen molar-refractivity contribution in [2.24, 2.45) is 5.92 Å². The van der Waals surface area contributed by atoms with Crippen molar-refractivity contribution in [3.05, 3.63) is 35.1 Å². The fourth-order valence-corrected chi connectivity index (χ4v) is 2.40. The number of benzene rings is 1. The molecule has 1 unspecified atom stereocenters. The Hall–Kier alpha value is -1.07. The van der Waals surface area contributed by atoms with E-state index in [4.69, 9.17) is 10.2 Å². The quantitative estimate of drug-likeness (QED) is 0.822. The number of aliphatic hydroxyl groups excluding tert-OH is 1. The maximum Gasteiger partial charge on any atom is 0.335 e. The molecule has 0 aromatic heterocycles. The number of aliphatic hydroxyl groups is 1. The van der Waals surface area contributed by atoms with E-state index < -0.39 is 11.8 Å². The number of carbonyl (C=O) groups is 1. The molecule has 0 aliphatic rings. The number of carboxylic acid groups (broad SMARTS) is 1. The van der Waals surface area contributed by atoms with Crippen LogP contribution in [0.4, 0.5) is 4.39 Å². The van der Waals surface area contributed by atoms with Gasteiger partial charge in [0.05, 0.1) is 5.56 Å². The van der Waals surface area contributed by atoms with E-state index in [1.54, 1.807) is 0 Å². The molecule has 0 amide bonds. The fourth-order valence-electron chi connectivity index (χ4n) is 1.31. The Morgan fingerprint density at radius 1 is 1.53 bits per heavy atom. The molecule has 17 heavy (non-hydrogen) atoms. The molecular formula is C12H15FO3S. The first-order valence-electron chi connectivity index (χ1n) is 5.25. The number of thioether (sulfide) groups is 1. The lowest BCUT2D eigenvalue weighted by atomic mass is 10.1. The summed E-state index contributed by atoms with van der Waals surface area (Å²) in [5, 5.41) is 17.8. The Morgan fingerprint density at radius 3 is 2.82 bits per heavy atom. The van der Waals surface area contributed by atoms with Gasteiger partial charge in [-0.15, -0.1) is 0 Å². The van der Waals surface area contributed by atoms with Crippen LogP contribution in [0.15, 0.2) is 18.2 Å². The number of hydrogen-bond acceptors (Lipinski definition) is 3.